The van der Waals surface area contributed by atoms with Gasteiger partial charge in [-0.15, -0.1) is 16.4 Å². The highest BCUT2D eigenvalue weighted by Crippen LogP contribution is 2.40. The summed E-state index contributed by atoms with van der Waals surface area (Å²) in [6.45, 7) is 5.29. The van der Waals surface area contributed by atoms with Gasteiger partial charge in [0.1, 0.15) is 17.8 Å². The molecule has 40 heavy (non-hydrogen) atoms. The molecule has 0 unspecified atom stereocenters. The van der Waals surface area contributed by atoms with Crippen LogP contribution < -0.4 is 5.73 Å². The molecule has 0 aliphatic heterocycles. The van der Waals surface area contributed by atoms with Gasteiger partial charge < -0.3 is 10.6 Å². The monoisotopic (exact) mass is 575 g/mol. The number of nitrogen functional groups attached to an aromatic ring is 1. The highest BCUT2D eigenvalue weighted by atomic mass is 35.5. The van der Waals surface area contributed by atoms with Crippen molar-refractivity contribution in [3.05, 3.63) is 53.1 Å². The molecule has 4 heterocycles. The van der Waals surface area contributed by atoms with E-state index in [0.717, 1.165) is 39.9 Å². The molecule has 1 fully saturated rings. The van der Waals surface area contributed by atoms with Crippen molar-refractivity contribution < 1.29 is 9.63 Å². The van der Waals surface area contributed by atoms with E-state index in [1.165, 1.54) is 6.33 Å². The van der Waals surface area contributed by atoms with Gasteiger partial charge >= 0.3 is 5.97 Å². The van der Waals surface area contributed by atoms with Crippen LogP contribution >= 0.6 is 22.9 Å². The Hall–Kier alpha value is -3.60. The maximum absolute atomic E-state index is 12.7. The summed E-state index contributed by atoms with van der Waals surface area (Å²) in [5, 5.41) is 10.9. The second-order valence-electron chi connectivity index (χ2n) is 9.98. The summed E-state index contributed by atoms with van der Waals surface area (Å²) >= 11 is 8.48. The van der Waals surface area contributed by atoms with Gasteiger partial charge in [0.05, 0.1) is 38.5 Å². The molecule has 206 valence electrons. The minimum Gasteiger partial charge on any atom is -0.383 e. The number of rotatable bonds is 7. The van der Waals surface area contributed by atoms with Crippen LogP contribution in [-0.2, 0) is 9.63 Å². The van der Waals surface area contributed by atoms with Crippen LogP contribution in [0.15, 0.2) is 48.1 Å². The van der Waals surface area contributed by atoms with E-state index in [1.807, 2.05) is 54.2 Å². The predicted octanol–water partition coefficient (Wildman–Crippen LogP) is 6.54. The molecular formula is C29H30ClN7O2S. The first-order valence-corrected chi connectivity index (χ1v) is 14.8. The van der Waals surface area contributed by atoms with Gasteiger partial charge in [0.15, 0.2) is 5.65 Å². The molecule has 0 saturated heterocycles. The molecule has 0 spiro atoms. The molecule has 1 aliphatic rings. The lowest BCUT2D eigenvalue weighted by Crippen LogP contribution is -2.32. The lowest BCUT2D eigenvalue weighted by atomic mass is 9.86. The molecule has 0 atom stereocenters. The van der Waals surface area contributed by atoms with Crippen molar-refractivity contribution in [2.24, 2.45) is 5.92 Å². The summed E-state index contributed by atoms with van der Waals surface area (Å²) < 4.78 is 1.94. The molecule has 2 N–H and O–H groups in total. The van der Waals surface area contributed by atoms with Gasteiger partial charge in [-0.1, -0.05) is 23.7 Å². The number of nitrogens with zero attached hydrogens (tertiary/aromatic N) is 6. The molecular weight excluding hydrogens is 546 g/mol. The number of carbonyl (C=O) groups excluding carboxylic acids is 1. The maximum Gasteiger partial charge on any atom is 0.328 e. The topological polar surface area (TPSA) is 112 Å². The minimum atomic E-state index is -0.155. The highest BCUT2D eigenvalue weighted by Gasteiger charge is 2.32. The molecule has 6 rings (SSSR count). The van der Waals surface area contributed by atoms with Gasteiger partial charge in [0.2, 0.25) is 0 Å². The van der Waals surface area contributed by atoms with E-state index in [-0.39, 0.29) is 17.9 Å². The number of anilines is 1. The van der Waals surface area contributed by atoms with E-state index in [9.17, 15) is 4.79 Å². The number of halogens is 1. The van der Waals surface area contributed by atoms with Crippen LogP contribution in [0.2, 0.25) is 5.02 Å². The zero-order chi connectivity index (χ0) is 27.8. The third kappa shape index (κ3) is 4.91. The molecule has 4 aromatic heterocycles. The average Bonchev–Trinajstić information content (AvgIpc) is 3.65. The number of hydrogen-bond donors (Lipinski definition) is 1. The zero-order valence-corrected chi connectivity index (χ0v) is 24.0. The Balaban J connectivity index is 1.35. The molecule has 11 heteroatoms. The number of nitrogens with two attached hydrogens (primary N) is 1. The first kappa shape index (κ1) is 26.6. The van der Waals surface area contributed by atoms with E-state index < -0.39 is 0 Å². The molecule has 1 aromatic carbocycles. The van der Waals surface area contributed by atoms with Crippen molar-refractivity contribution in [3.63, 3.8) is 0 Å². The fourth-order valence-electron chi connectivity index (χ4n) is 5.44. The van der Waals surface area contributed by atoms with E-state index in [0.29, 0.717) is 53.5 Å². The number of carbonyl (C=O) groups is 1. The Kier molecular flexibility index (Phi) is 7.39. The number of fused-ring (bicyclic) bond motifs is 2. The number of aromatic nitrogens is 5. The zero-order valence-electron chi connectivity index (χ0n) is 22.4. The first-order chi connectivity index (χ1) is 19.5. The molecule has 0 amide bonds. The van der Waals surface area contributed by atoms with Crippen LogP contribution in [0.3, 0.4) is 0 Å². The smallest absolute Gasteiger partial charge is 0.328 e. The van der Waals surface area contributed by atoms with Gasteiger partial charge in [0.25, 0.3) is 0 Å². The first-order valence-electron chi connectivity index (χ1n) is 13.6. The fraction of sp³-hybridized carbons (Fsp3) is 0.345. The van der Waals surface area contributed by atoms with Crippen molar-refractivity contribution in [2.75, 3.05) is 18.8 Å². The van der Waals surface area contributed by atoms with Crippen LogP contribution in [0.4, 0.5) is 5.82 Å². The Morgan fingerprint density at radius 2 is 1.95 bits per heavy atom. The normalized spacial score (nSPS) is 17.6. The van der Waals surface area contributed by atoms with E-state index in [1.54, 1.807) is 16.4 Å². The third-order valence-corrected chi connectivity index (χ3v) is 8.83. The van der Waals surface area contributed by atoms with E-state index in [2.05, 4.69) is 16.0 Å². The number of hydroxylamine groups is 2. The summed E-state index contributed by atoms with van der Waals surface area (Å²) in [6, 6.07) is 12.1. The Morgan fingerprint density at radius 1 is 1.15 bits per heavy atom. The molecule has 1 saturated carbocycles. The van der Waals surface area contributed by atoms with E-state index >= 15 is 0 Å². The Bertz CT molecular complexity index is 1680. The maximum atomic E-state index is 12.7. The predicted molar refractivity (Wildman–Crippen MR) is 159 cm³/mol. The van der Waals surface area contributed by atoms with Crippen molar-refractivity contribution in [1.29, 1.82) is 0 Å². The second-order valence-corrected chi connectivity index (χ2v) is 11.3. The largest absolute Gasteiger partial charge is 0.383 e. The van der Waals surface area contributed by atoms with E-state index in [4.69, 9.17) is 32.3 Å². The van der Waals surface area contributed by atoms with Crippen molar-refractivity contribution in [3.8, 4) is 21.8 Å². The molecule has 1 aliphatic carbocycles. The molecule has 0 radical (unpaired) electrons. The summed E-state index contributed by atoms with van der Waals surface area (Å²) in [4.78, 5) is 33.1. The van der Waals surface area contributed by atoms with Gasteiger partial charge in [-0.2, -0.15) is 5.10 Å². The lowest BCUT2D eigenvalue weighted by Gasteiger charge is -2.29. The number of benzene rings is 1. The van der Waals surface area contributed by atoms with Crippen molar-refractivity contribution in [1.82, 2.24) is 29.8 Å². The van der Waals surface area contributed by atoms with Crippen LogP contribution in [0.1, 0.15) is 45.6 Å². The Labute approximate surface area is 240 Å². The lowest BCUT2D eigenvalue weighted by molar-refractivity contribution is -0.195. The average molecular weight is 576 g/mol. The summed E-state index contributed by atoms with van der Waals surface area (Å²) in [6.07, 6.45) is 4.44. The quantitative estimate of drug-likeness (QED) is 0.218. The number of thiophene rings is 1. The van der Waals surface area contributed by atoms with Crippen molar-refractivity contribution in [2.45, 2.75) is 45.6 Å². The SMILES string of the molecule is CCN(CC)OC(=O)C1CCC(n2nc(-c3cc4nc(-c5cccs5)ccc4cc3Cl)c3c(N)ncnc32)CC1. The Morgan fingerprint density at radius 3 is 2.67 bits per heavy atom. The minimum absolute atomic E-state index is 0.0610. The van der Waals surface area contributed by atoms with Crippen molar-refractivity contribution >= 4 is 56.7 Å². The summed E-state index contributed by atoms with van der Waals surface area (Å²) in [5.41, 5.74) is 10.1. The van der Waals surface area contributed by atoms with Gasteiger partial charge in [-0.25, -0.2) is 19.6 Å². The second kappa shape index (κ2) is 11.1. The summed E-state index contributed by atoms with van der Waals surface area (Å²) in [7, 11) is 0. The standard InChI is InChI=1S/C29H30ClN7O2S/c1-3-36(4-2)39-29(38)17-7-10-19(11-8-17)37-28-25(27(31)32-16-33-28)26(35-37)20-15-23-18(14-21(20)30)9-12-22(34-23)24-6-5-13-40-24/h5-6,9,12-17,19H,3-4,7-8,10-11H2,1-2H3,(H2,31,32,33). The number of pyridine rings is 1. The van der Waals surface area contributed by atoms with Gasteiger partial charge in [0, 0.05) is 24.0 Å². The third-order valence-electron chi connectivity index (χ3n) is 7.63. The highest BCUT2D eigenvalue weighted by molar-refractivity contribution is 7.13. The van der Waals surface area contributed by atoms with Gasteiger partial charge in [-0.3, -0.25) is 4.79 Å². The summed E-state index contributed by atoms with van der Waals surface area (Å²) in [5.74, 6) is 0.0627. The molecule has 5 aromatic rings. The number of hydrogen-bond acceptors (Lipinski definition) is 9. The van der Waals surface area contributed by atoms with Crippen LogP contribution in [0, 0.1) is 5.92 Å². The molecule has 0 bridgehead atoms. The van der Waals surface area contributed by atoms with Crippen LogP contribution in [-0.4, -0.2) is 48.9 Å². The molecule has 9 nitrogen and oxygen atoms in total. The van der Waals surface area contributed by atoms with Crippen LogP contribution in [0.5, 0.6) is 0 Å². The van der Waals surface area contributed by atoms with Gasteiger partial charge in [-0.05, 0) is 69.2 Å². The van der Waals surface area contributed by atoms with Crippen LogP contribution in [0.25, 0.3) is 43.8 Å². The fourth-order valence-corrected chi connectivity index (χ4v) is 6.39.